The maximum atomic E-state index is 11.7. The van der Waals surface area contributed by atoms with Crippen LogP contribution in [0.25, 0.3) is 0 Å². The van der Waals surface area contributed by atoms with Crippen molar-refractivity contribution in [1.29, 1.82) is 0 Å². The van der Waals surface area contributed by atoms with Crippen molar-refractivity contribution in [2.75, 3.05) is 25.2 Å². The summed E-state index contributed by atoms with van der Waals surface area (Å²) in [7, 11) is -1.65. The van der Waals surface area contributed by atoms with Crippen molar-refractivity contribution in [1.82, 2.24) is 0 Å². The van der Waals surface area contributed by atoms with Crippen LogP contribution in [0, 0.1) is 0 Å². The van der Waals surface area contributed by atoms with Gasteiger partial charge in [-0.3, -0.25) is 0 Å². The summed E-state index contributed by atoms with van der Waals surface area (Å²) in [4.78, 5) is 0. The second-order valence-corrected chi connectivity index (χ2v) is 6.47. The van der Waals surface area contributed by atoms with Gasteiger partial charge in [0, 0.05) is 17.3 Å². The fourth-order valence-corrected chi connectivity index (χ4v) is 3.21. The van der Waals surface area contributed by atoms with Crippen molar-refractivity contribution >= 4 is 31.5 Å². The number of anilines is 1. The lowest BCUT2D eigenvalue weighted by atomic mass is 10.2. The molecular weight excluding hydrogens is 294 g/mol. The highest BCUT2D eigenvalue weighted by molar-refractivity contribution is 9.10. The van der Waals surface area contributed by atoms with Crippen LogP contribution in [0.15, 0.2) is 22.7 Å². The Bertz CT molecular complexity index is 459. The summed E-state index contributed by atoms with van der Waals surface area (Å²) in [5.74, 6) is 0.0253. The van der Waals surface area contributed by atoms with Crippen molar-refractivity contribution in [3.8, 4) is 0 Å². The lowest BCUT2D eigenvalue weighted by Gasteiger charge is -2.06. The molecular formula is C10H14BrNO3S. The van der Waals surface area contributed by atoms with Crippen molar-refractivity contribution in [2.24, 2.45) is 0 Å². The molecule has 90 valence electrons. The SMILES string of the molecule is COCCS(=O)(=O)Cc1ccc(N)cc1Br. The minimum Gasteiger partial charge on any atom is -0.399 e. The molecule has 0 saturated carbocycles. The van der Waals surface area contributed by atoms with Gasteiger partial charge in [-0.25, -0.2) is 8.42 Å². The van der Waals surface area contributed by atoms with Gasteiger partial charge in [-0.05, 0) is 17.7 Å². The number of benzene rings is 1. The summed E-state index contributed by atoms with van der Waals surface area (Å²) >= 11 is 3.29. The van der Waals surface area contributed by atoms with Crippen LogP contribution in [-0.4, -0.2) is 27.9 Å². The van der Waals surface area contributed by atoms with Crippen LogP contribution in [0.2, 0.25) is 0 Å². The minimum absolute atomic E-state index is 0.00275. The number of nitrogens with two attached hydrogens (primary N) is 1. The average Bonchev–Trinajstić information content (AvgIpc) is 2.19. The summed E-state index contributed by atoms with van der Waals surface area (Å²) in [6, 6.07) is 5.09. The molecule has 0 amide bonds. The molecule has 0 fully saturated rings. The Morgan fingerprint density at radius 3 is 2.69 bits per heavy atom. The molecule has 0 radical (unpaired) electrons. The highest BCUT2D eigenvalue weighted by Crippen LogP contribution is 2.22. The van der Waals surface area contributed by atoms with E-state index in [0.29, 0.717) is 15.7 Å². The van der Waals surface area contributed by atoms with Crippen LogP contribution in [0.1, 0.15) is 5.56 Å². The fourth-order valence-electron chi connectivity index (χ4n) is 1.20. The molecule has 1 aromatic rings. The summed E-state index contributed by atoms with van der Waals surface area (Å²) in [6.07, 6.45) is 0. The second-order valence-electron chi connectivity index (χ2n) is 3.44. The van der Waals surface area contributed by atoms with Crippen LogP contribution in [0.5, 0.6) is 0 Å². The van der Waals surface area contributed by atoms with Gasteiger partial charge < -0.3 is 10.5 Å². The summed E-state index contributed by atoms with van der Waals surface area (Å²) < 4.78 is 28.8. The zero-order chi connectivity index (χ0) is 12.2. The maximum Gasteiger partial charge on any atom is 0.156 e. The molecule has 0 saturated heterocycles. The van der Waals surface area contributed by atoms with Crippen molar-refractivity contribution in [3.63, 3.8) is 0 Å². The Morgan fingerprint density at radius 1 is 1.44 bits per heavy atom. The number of hydrogen-bond donors (Lipinski definition) is 1. The first-order chi connectivity index (χ1) is 7.44. The van der Waals surface area contributed by atoms with Gasteiger partial charge in [0.15, 0.2) is 9.84 Å². The summed E-state index contributed by atoms with van der Waals surface area (Å²) in [6.45, 7) is 0.217. The number of hydrogen-bond acceptors (Lipinski definition) is 4. The minimum atomic E-state index is -3.13. The van der Waals surface area contributed by atoms with E-state index in [0.717, 1.165) is 0 Å². The predicted octanol–water partition coefficient (Wildman–Crippen LogP) is 1.59. The highest BCUT2D eigenvalue weighted by atomic mass is 79.9. The third-order valence-corrected chi connectivity index (χ3v) is 4.33. The third-order valence-electron chi connectivity index (χ3n) is 2.05. The van der Waals surface area contributed by atoms with Gasteiger partial charge in [0.05, 0.1) is 18.1 Å². The van der Waals surface area contributed by atoms with Crippen LogP contribution in [0.3, 0.4) is 0 Å². The van der Waals surface area contributed by atoms with Gasteiger partial charge in [-0.2, -0.15) is 0 Å². The van der Waals surface area contributed by atoms with Gasteiger partial charge in [0.1, 0.15) is 0 Å². The van der Waals surface area contributed by atoms with Crippen molar-refractivity contribution in [2.45, 2.75) is 5.75 Å². The number of rotatable bonds is 5. The van der Waals surface area contributed by atoms with E-state index in [4.69, 9.17) is 10.5 Å². The van der Waals surface area contributed by atoms with E-state index in [1.807, 2.05) is 0 Å². The predicted molar refractivity (Wildman–Crippen MR) is 67.9 cm³/mol. The lowest BCUT2D eigenvalue weighted by Crippen LogP contribution is -2.13. The number of methoxy groups -OCH3 is 1. The number of sulfone groups is 1. The largest absolute Gasteiger partial charge is 0.399 e. The molecule has 6 heteroatoms. The normalized spacial score (nSPS) is 11.6. The van der Waals surface area contributed by atoms with Gasteiger partial charge in [0.2, 0.25) is 0 Å². The Hall–Kier alpha value is -0.590. The molecule has 1 rings (SSSR count). The van der Waals surface area contributed by atoms with Gasteiger partial charge in [-0.15, -0.1) is 0 Å². The standard InChI is InChI=1S/C10H14BrNO3S/c1-15-4-5-16(13,14)7-8-2-3-9(12)6-10(8)11/h2-3,6H,4-5,7,12H2,1H3. The van der Waals surface area contributed by atoms with Crippen LogP contribution >= 0.6 is 15.9 Å². The molecule has 0 unspecified atom stereocenters. The topological polar surface area (TPSA) is 69.4 Å². The zero-order valence-electron chi connectivity index (χ0n) is 8.94. The molecule has 16 heavy (non-hydrogen) atoms. The molecule has 1 aromatic carbocycles. The molecule has 0 bridgehead atoms. The highest BCUT2D eigenvalue weighted by Gasteiger charge is 2.13. The third kappa shape index (κ3) is 4.11. The van der Waals surface area contributed by atoms with E-state index in [2.05, 4.69) is 15.9 Å². The quantitative estimate of drug-likeness (QED) is 0.839. The Balaban J connectivity index is 2.80. The van der Waals surface area contributed by atoms with Crippen LogP contribution in [-0.2, 0) is 20.3 Å². The fraction of sp³-hybridized carbons (Fsp3) is 0.400. The zero-order valence-corrected chi connectivity index (χ0v) is 11.3. The first kappa shape index (κ1) is 13.5. The van der Waals surface area contributed by atoms with Gasteiger partial charge in [0.25, 0.3) is 0 Å². The van der Waals surface area contributed by atoms with Crippen molar-refractivity contribution in [3.05, 3.63) is 28.2 Å². The van der Waals surface area contributed by atoms with E-state index in [1.165, 1.54) is 7.11 Å². The Kier molecular flexibility index (Phi) is 4.76. The lowest BCUT2D eigenvalue weighted by molar-refractivity contribution is 0.217. The maximum absolute atomic E-state index is 11.7. The first-order valence-electron chi connectivity index (χ1n) is 4.68. The monoisotopic (exact) mass is 307 g/mol. The second kappa shape index (κ2) is 5.65. The van der Waals surface area contributed by atoms with E-state index >= 15 is 0 Å². The molecule has 0 spiro atoms. The summed E-state index contributed by atoms with van der Waals surface area (Å²) in [5.41, 5.74) is 6.89. The van der Waals surface area contributed by atoms with E-state index in [-0.39, 0.29) is 18.1 Å². The Labute approximate surface area is 104 Å². The summed E-state index contributed by atoms with van der Waals surface area (Å²) in [5, 5.41) is 0. The smallest absolute Gasteiger partial charge is 0.156 e. The van der Waals surface area contributed by atoms with Crippen molar-refractivity contribution < 1.29 is 13.2 Å². The number of halogens is 1. The molecule has 0 aromatic heterocycles. The van der Waals surface area contributed by atoms with E-state index in [1.54, 1.807) is 18.2 Å². The van der Waals surface area contributed by atoms with Crippen LogP contribution < -0.4 is 5.73 Å². The molecule has 0 heterocycles. The van der Waals surface area contributed by atoms with Gasteiger partial charge in [-0.1, -0.05) is 22.0 Å². The molecule has 2 N–H and O–H groups in total. The first-order valence-corrected chi connectivity index (χ1v) is 7.29. The molecule has 0 atom stereocenters. The van der Waals surface area contributed by atoms with Gasteiger partial charge >= 0.3 is 0 Å². The molecule has 4 nitrogen and oxygen atoms in total. The Morgan fingerprint density at radius 2 is 2.12 bits per heavy atom. The molecule has 0 aliphatic carbocycles. The average molecular weight is 308 g/mol. The number of nitrogen functional groups attached to an aromatic ring is 1. The number of ether oxygens (including phenoxy) is 1. The molecule has 0 aliphatic heterocycles. The van der Waals surface area contributed by atoms with Crippen LogP contribution in [0.4, 0.5) is 5.69 Å². The van der Waals surface area contributed by atoms with E-state index < -0.39 is 9.84 Å². The van der Waals surface area contributed by atoms with E-state index in [9.17, 15) is 8.42 Å². The molecule has 0 aliphatic rings.